The minimum atomic E-state index is -4.91. The zero-order valence-electron chi connectivity index (χ0n) is 18.2. The first-order valence-electron chi connectivity index (χ1n) is 10.6. The lowest BCUT2D eigenvalue weighted by molar-refractivity contribution is -0.274. The van der Waals surface area contributed by atoms with Crippen LogP contribution in [0.5, 0.6) is 5.75 Å². The molecular weight excluding hydrogens is 484 g/mol. The number of hydrogen-bond donors (Lipinski definition) is 0. The van der Waals surface area contributed by atoms with Crippen molar-refractivity contribution in [3.05, 3.63) is 102 Å². The standard InChI is InChI=1S/C26H15F6N3O/c27-19-6-3-5-18(24(19)29)25-33-21-10-11-35(14-22(21)34-25)13-15-8-9-16(20(28)12-15)17-4-1-2-7-23(17)36-26(30,31)32/h1-12,14H,13H2. The molecule has 2 aliphatic heterocycles. The number of pyridine rings is 1. The van der Waals surface area contributed by atoms with Gasteiger partial charge in [0.2, 0.25) is 0 Å². The van der Waals surface area contributed by atoms with E-state index in [4.69, 9.17) is 0 Å². The van der Waals surface area contributed by atoms with E-state index >= 15 is 0 Å². The molecule has 36 heavy (non-hydrogen) atoms. The molecule has 0 fully saturated rings. The Morgan fingerprint density at radius 2 is 1.50 bits per heavy atom. The van der Waals surface area contributed by atoms with E-state index in [1.165, 1.54) is 42.5 Å². The van der Waals surface area contributed by atoms with E-state index in [9.17, 15) is 26.3 Å². The number of halogens is 6. The third-order valence-corrected chi connectivity index (χ3v) is 5.42. The van der Waals surface area contributed by atoms with Crippen molar-refractivity contribution in [2.24, 2.45) is 0 Å². The van der Waals surface area contributed by atoms with Gasteiger partial charge in [-0.05, 0) is 35.9 Å². The summed E-state index contributed by atoms with van der Waals surface area (Å²) in [7, 11) is 0. The second kappa shape index (κ2) is 9.03. The van der Waals surface area contributed by atoms with Crippen LogP contribution in [0.15, 0.2) is 79.1 Å². The Balaban J connectivity index is 1.41. The number of rotatable bonds is 5. The van der Waals surface area contributed by atoms with Crippen LogP contribution in [0.4, 0.5) is 26.3 Å². The van der Waals surface area contributed by atoms with Crippen molar-refractivity contribution in [2.45, 2.75) is 12.9 Å². The average Bonchev–Trinajstić information content (AvgIpc) is 3.24. The lowest BCUT2D eigenvalue weighted by Crippen LogP contribution is -2.17. The zero-order valence-corrected chi connectivity index (χ0v) is 18.2. The molecule has 0 saturated carbocycles. The Morgan fingerprint density at radius 3 is 2.28 bits per heavy atom. The summed E-state index contributed by atoms with van der Waals surface area (Å²) in [5.74, 6) is -3.23. The van der Waals surface area contributed by atoms with Gasteiger partial charge in [-0.2, -0.15) is 0 Å². The first kappa shape index (κ1) is 23.4. The Morgan fingerprint density at radius 1 is 0.750 bits per heavy atom. The third-order valence-electron chi connectivity index (χ3n) is 5.42. The lowest BCUT2D eigenvalue weighted by Gasteiger charge is -2.14. The molecule has 0 saturated heterocycles. The molecule has 0 aliphatic carbocycles. The van der Waals surface area contributed by atoms with Gasteiger partial charge in [0.1, 0.15) is 17.3 Å². The number of ether oxygens (including phenoxy) is 1. The van der Waals surface area contributed by atoms with E-state index in [0.29, 0.717) is 17.0 Å². The molecule has 3 aromatic carbocycles. The molecule has 0 spiro atoms. The van der Waals surface area contributed by atoms with E-state index in [0.717, 1.165) is 12.1 Å². The highest BCUT2D eigenvalue weighted by Crippen LogP contribution is 2.35. The van der Waals surface area contributed by atoms with Crippen LogP contribution in [0, 0.1) is 17.5 Å². The highest BCUT2D eigenvalue weighted by molar-refractivity contribution is 5.71. The van der Waals surface area contributed by atoms with Gasteiger partial charge in [0, 0.05) is 30.1 Å². The number of alkyl halides is 3. The van der Waals surface area contributed by atoms with Gasteiger partial charge in [0.25, 0.3) is 0 Å². The summed E-state index contributed by atoms with van der Waals surface area (Å²) in [6.07, 6.45) is -1.62. The van der Waals surface area contributed by atoms with Gasteiger partial charge in [0.05, 0.1) is 11.3 Å². The number of aromatic nitrogens is 3. The van der Waals surface area contributed by atoms with Crippen molar-refractivity contribution in [2.75, 3.05) is 0 Å². The fraction of sp³-hybridized carbons (Fsp3) is 0.0769. The van der Waals surface area contributed by atoms with Crippen LogP contribution in [0.1, 0.15) is 5.56 Å². The first-order chi connectivity index (χ1) is 17.2. The highest BCUT2D eigenvalue weighted by atomic mass is 19.4. The quantitative estimate of drug-likeness (QED) is 0.243. The molecule has 10 heteroatoms. The summed E-state index contributed by atoms with van der Waals surface area (Å²) in [6, 6.07) is 14.9. The largest absolute Gasteiger partial charge is 0.573 e. The smallest absolute Gasteiger partial charge is 0.405 e. The van der Waals surface area contributed by atoms with Gasteiger partial charge in [-0.15, -0.1) is 13.2 Å². The lowest BCUT2D eigenvalue weighted by atomic mass is 10.0. The van der Waals surface area contributed by atoms with Crippen LogP contribution < -0.4 is 4.74 Å². The maximum atomic E-state index is 14.9. The highest BCUT2D eigenvalue weighted by Gasteiger charge is 2.32. The summed E-state index contributed by atoms with van der Waals surface area (Å²) in [5, 5.41) is 0. The summed E-state index contributed by atoms with van der Waals surface area (Å²) in [6.45, 7) is 0.213. The number of para-hydroxylation sites is 1. The monoisotopic (exact) mass is 499 g/mol. The molecule has 0 bridgehead atoms. The van der Waals surface area contributed by atoms with Crippen LogP contribution in [0.2, 0.25) is 0 Å². The van der Waals surface area contributed by atoms with Gasteiger partial charge in [0.15, 0.2) is 17.5 Å². The van der Waals surface area contributed by atoms with Crippen LogP contribution >= 0.6 is 0 Å². The summed E-state index contributed by atoms with van der Waals surface area (Å²) in [4.78, 5) is 8.52. The molecule has 2 heterocycles. The van der Waals surface area contributed by atoms with Crippen molar-refractivity contribution < 1.29 is 31.1 Å². The fourth-order valence-corrected chi connectivity index (χ4v) is 3.84. The predicted molar refractivity (Wildman–Crippen MR) is 120 cm³/mol. The molecule has 0 radical (unpaired) electrons. The Bertz CT molecular complexity index is 1530. The van der Waals surface area contributed by atoms with Gasteiger partial charge in [-0.25, -0.2) is 23.1 Å². The molecule has 0 N–H and O–H groups in total. The second-order valence-corrected chi connectivity index (χ2v) is 7.89. The van der Waals surface area contributed by atoms with Gasteiger partial charge < -0.3 is 9.30 Å². The Kier molecular flexibility index (Phi) is 5.87. The number of benzene rings is 3. The predicted octanol–water partition coefficient (Wildman–Crippen LogP) is 7.08. The minimum Gasteiger partial charge on any atom is -0.405 e. The van der Waals surface area contributed by atoms with Crippen LogP contribution in [0.25, 0.3) is 33.9 Å². The molecular formula is C26H15F6N3O. The van der Waals surface area contributed by atoms with Gasteiger partial charge in [-0.3, -0.25) is 0 Å². The van der Waals surface area contributed by atoms with E-state index < -0.39 is 29.6 Å². The normalized spacial score (nSPS) is 11.7. The molecule has 0 atom stereocenters. The van der Waals surface area contributed by atoms with E-state index in [-0.39, 0.29) is 29.1 Å². The Labute approximate surface area is 200 Å². The second-order valence-electron chi connectivity index (χ2n) is 7.89. The van der Waals surface area contributed by atoms with Crippen molar-refractivity contribution >= 4 is 0 Å². The Hall–Kier alpha value is -4.34. The molecule has 3 aromatic rings. The molecule has 0 amide bonds. The van der Waals surface area contributed by atoms with Gasteiger partial charge >= 0.3 is 6.36 Å². The minimum absolute atomic E-state index is 0.0304. The number of fused-ring (bicyclic) bond motifs is 1. The number of nitrogens with zero attached hydrogens (tertiary/aromatic N) is 3. The first-order valence-corrected chi connectivity index (χ1v) is 10.6. The molecule has 0 unspecified atom stereocenters. The molecule has 0 aromatic heterocycles. The van der Waals surface area contributed by atoms with E-state index in [2.05, 4.69) is 14.7 Å². The topological polar surface area (TPSA) is 39.9 Å². The van der Waals surface area contributed by atoms with Crippen molar-refractivity contribution in [1.82, 2.24) is 14.5 Å². The molecule has 182 valence electrons. The zero-order chi connectivity index (χ0) is 25.4. The maximum Gasteiger partial charge on any atom is 0.573 e. The third kappa shape index (κ3) is 4.74. The van der Waals surface area contributed by atoms with E-state index in [1.807, 2.05) is 0 Å². The summed E-state index contributed by atoms with van der Waals surface area (Å²) >= 11 is 0. The van der Waals surface area contributed by atoms with Crippen LogP contribution in [-0.2, 0) is 6.54 Å². The van der Waals surface area contributed by atoms with Gasteiger partial charge in [-0.1, -0.05) is 36.4 Å². The maximum absolute atomic E-state index is 14.9. The van der Waals surface area contributed by atoms with Crippen LogP contribution in [0.3, 0.4) is 0 Å². The number of hydrogen-bond acceptors (Lipinski definition) is 3. The SMILES string of the molecule is Fc1cc(Cn2ccc3nc(-c4cccc(F)c4F)nc-3c2)ccc1-c1ccccc1OC(F)(F)F. The average molecular weight is 499 g/mol. The van der Waals surface area contributed by atoms with Crippen molar-refractivity contribution in [3.8, 4) is 39.7 Å². The molecule has 5 rings (SSSR count). The van der Waals surface area contributed by atoms with Crippen molar-refractivity contribution in [1.29, 1.82) is 0 Å². The molecule has 4 nitrogen and oxygen atoms in total. The van der Waals surface area contributed by atoms with Crippen molar-refractivity contribution in [3.63, 3.8) is 0 Å². The van der Waals surface area contributed by atoms with Crippen LogP contribution in [-0.4, -0.2) is 20.9 Å². The molecule has 2 aliphatic rings. The van der Waals surface area contributed by atoms with E-state index in [1.54, 1.807) is 29.1 Å². The fourth-order valence-electron chi connectivity index (χ4n) is 3.84. The summed E-state index contributed by atoms with van der Waals surface area (Å²) < 4.78 is 86.5. The summed E-state index contributed by atoms with van der Waals surface area (Å²) in [5.41, 5.74) is 1.29. The number of imidazole rings is 1.